The van der Waals surface area contributed by atoms with Gasteiger partial charge in [0.2, 0.25) is 0 Å². The molecule has 20 heavy (non-hydrogen) atoms. The zero-order chi connectivity index (χ0) is 14.5. The molecule has 1 atom stereocenters. The molecule has 0 fully saturated rings. The first-order valence-corrected chi connectivity index (χ1v) is 6.75. The van der Waals surface area contributed by atoms with Gasteiger partial charge in [-0.2, -0.15) is 0 Å². The van der Waals surface area contributed by atoms with Crippen molar-refractivity contribution in [3.63, 3.8) is 0 Å². The van der Waals surface area contributed by atoms with E-state index in [9.17, 15) is 8.78 Å². The maximum Gasteiger partial charge on any atom is 0.129 e. The van der Waals surface area contributed by atoms with E-state index in [-0.39, 0.29) is 6.04 Å². The van der Waals surface area contributed by atoms with Crippen molar-refractivity contribution in [1.82, 2.24) is 14.9 Å². The summed E-state index contributed by atoms with van der Waals surface area (Å²) in [5.41, 5.74) is 1.36. The maximum atomic E-state index is 13.8. The van der Waals surface area contributed by atoms with Crippen LogP contribution in [0.4, 0.5) is 8.78 Å². The Labute approximate surface area is 117 Å². The van der Waals surface area contributed by atoms with Gasteiger partial charge in [-0.3, -0.25) is 0 Å². The number of aryl methyl sites for hydroxylation is 1. The van der Waals surface area contributed by atoms with Gasteiger partial charge < -0.3 is 9.88 Å². The van der Waals surface area contributed by atoms with Gasteiger partial charge in [-0.1, -0.05) is 13.0 Å². The van der Waals surface area contributed by atoms with E-state index in [1.165, 1.54) is 12.1 Å². The van der Waals surface area contributed by atoms with Crippen molar-refractivity contribution in [2.24, 2.45) is 7.05 Å². The van der Waals surface area contributed by atoms with E-state index in [0.29, 0.717) is 12.0 Å². The predicted molar refractivity (Wildman–Crippen MR) is 74.3 cm³/mol. The molecule has 0 saturated heterocycles. The minimum atomic E-state index is -0.554. The molecular weight excluding hydrogens is 260 g/mol. The van der Waals surface area contributed by atoms with Gasteiger partial charge in [-0.05, 0) is 31.0 Å². The Kier molecular flexibility index (Phi) is 4.84. The third kappa shape index (κ3) is 3.63. The van der Waals surface area contributed by atoms with Gasteiger partial charge >= 0.3 is 0 Å². The molecule has 0 radical (unpaired) electrons. The molecular formula is C15H19F2N3. The lowest BCUT2D eigenvalue weighted by molar-refractivity contribution is 0.501. The predicted octanol–water partition coefficient (Wildman–Crippen LogP) is 2.98. The quantitative estimate of drug-likeness (QED) is 0.881. The Bertz CT molecular complexity index is 566. The summed E-state index contributed by atoms with van der Waals surface area (Å²) in [4.78, 5) is 4.32. The van der Waals surface area contributed by atoms with E-state index in [0.717, 1.165) is 24.7 Å². The highest BCUT2D eigenvalue weighted by Gasteiger charge is 2.16. The van der Waals surface area contributed by atoms with Crippen molar-refractivity contribution >= 4 is 0 Å². The van der Waals surface area contributed by atoms with Crippen LogP contribution >= 0.6 is 0 Å². The molecule has 0 saturated carbocycles. The van der Waals surface area contributed by atoms with E-state index in [4.69, 9.17) is 0 Å². The molecule has 0 spiro atoms. The summed E-state index contributed by atoms with van der Waals surface area (Å²) >= 11 is 0. The lowest BCUT2D eigenvalue weighted by Crippen LogP contribution is -2.24. The lowest BCUT2D eigenvalue weighted by atomic mass is 10.0. The standard InChI is InChI=1S/C15H19F2N3/c1-3-6-18-14(15-9-20(2)10-19-15)7-11-4-5-12(16)8-13(11)17/h4-5,8-10,14,18H,3,6-7H2,1-2H3. The second-order valence-corrected chi connectivity index (χ2v) is 4.91. The van der Waals surface area contributed by atoms with Crippen LogP contribution in [0, 0.1) is 11.6 Å². The number of rotatable bonds is 6. The molecule has 1 unspecified atom stereocenters. The first-order valence-electron chi connectivity index (χ1n) is 6.75. The van der Waals surface area contributed by atoms with Crippen LogP contribution in [0.5, 0.6) is 0 Å². The zero-order valence-electron chi connectivity index (χ0n) is 11.7. The first-order chi connectivity index (χ1) is 9.60. The van der Waals surface area contributed by atoms with E-state index in [1.54, 1.807) is 6.33 Å². The molecule has 1 N–H and O–H groups in total. The Balaban J connectivity index is 2.18. The summed E-state index contributed by atoms with van der Waals surface area (Å²) in [6.45, 7) is 2.89. The molecule has 0 aliphatic rings. The average molecular weight is 279 g/mol. The van der Waals surface area contributed by atoms with Gasteiger partial charge in [0.1, 0.15) is 11.6 Å². The monoisotopic (exact) mass is 279 g/mol. The van der Waals surface area contributed by atoms with E-state index in [1.807, 2.05) is 17.8 Å². The second-order valence-electron chi connectivity index (χ2n) is 4.91. The minimum absolute atomic E-state index is 0.0730. The van der Waals surface area contributed by atoms with E-state index < -0.39 is 11.6 Å². The van der Waals surface area contributed by atoms with Crippen LogP contribution in [-0.2, 0) is 13.5 Å². The van der Waals surface area contributed by atoms with Crippen LogP contribution in [0.25, 0.3) is 0 Å². The van der Waals surface area contributed by atoms with Crippen LogP contribution in [-0.4, -0.2) is 16.1 Å². The Morgan fingerprint density at radius 3 is 2.75 bits per heavy atom. The van der Waals surface area contributed by atoms with E-state index >= 15 is 0 Å². The van der Waals surface area contributed by atoms with Crippen LogP contribution in [0.1, 0.15) is 30.6 Å². The number of halogens is 2. The van der Waals surface area contributed by atoms with Crippen LogP contribution in [0.3, 0.4) is 0 Å². The summed E-state index contributed by atoms with van der Waals surface area (Å²) in [6, 6.07) is 3.63. The molecule has 1 aromatic heterocycles. The van der Waals surface area contributed by atoms with Gasteiger partial charge in [0.15, 0.2) is 0 Å². The molecule has 1 aromatic carbocycles. The fourth-order valence-corrected chi connectivity index (χ4v) is 2.12. The summed E-state index contributed by atoms with van der Waals surface area (Å²) in [7, 11) is 1.89. The normalized spacial score (nSPS) is 12.6. The molecule has 5 heteroatoms. The highest BCUT2D eigenvalue weighted by molar-refractivity contribution is 5.21. The zero-order valence-corrected chi connectivity index (χ0v) is 11.7. The smallest absolute Gasteiger partial charge is 0.129 e. The minimum Gasteiger partial charge on any atom is -0.340 e. The molecule has 1 heterocycles. The number of hydrogen-bond acceptors (Lipinski definition) is 2. The Morgan fingerprint density at radius 1 is 1.35 bits per heavy atom. The van der Waals surface area contributed by atoms with Gasteiger partial charge in [0, 0.05) is 19.3 Å². The maximum absolute atomic E-state index is 13.8. The third-order valence-electron chi connectivity index (χ3n) is 3.16. The summed E-state index contributed by atoms with van der Waals surface area (Å²) in [5.74, 6) is -1.06. The van der Waals surface area contributed by atoms with Gasteiger partial charge in [0.05, 0.1) is 18.1 Å². The molecule has 2 rings (SSSR count). The van der Waals surface area contributed by atoms with Crippen molar-refractivity contribution < 1.29 is 8.78 Å². The van der Waals surface area contributed by atoms with Crippen molar-refractivity contribution in [2.75, 3.05) is 6.54 Å². The second kappa shape index (κ2) is 6.61. The molecule has 0 aliphatic heterocycles. The van der Waals surface area contributed by atoms with Gasteiger partial charge in [-0.15, -0.1) is 0 Å². The number of benzene rings is 1. The van der Waals surface area contributed by atoms with Crippen LogP contribution in [0.2, 0.25) is 0 Å². The van der Waals surface area contributed by atoms with Crippen molar-refractivity contribution in [3.05, 3.63) is 53.6 Å². The highest BCUT2D eigenvalue weighted by atomic mass is 19.1. The number of nitrogens with zero attached hydrogens (tertiary/aromatic N) is 2. The van der Waals surface area contributed by atoms with Crippen LogP contribution in [0.15, 0.2) is 30.7 Å². The number of hydrogen-bond donors (Lipinski definition) is 1. The third-order valence-corrected chi connectivity index (χ3v) is 3.16. The average Bonchev–Trinajstić information content (AvgIpc) is 2.83. The van der Waals surface area contributed by atoms with Crippen molar-refractivity contribution in [2.45, 2.75) is 25.8 Å². The van der Waals surface area contributed by atoms with E-state index in [2.05, 4.69) is 17.2 Å². The molecule has 0 amide bonds. The fourth-order valence-electron chi connectivity index (χ4n) is 2.12. The summed E-state index contributed by atoms with van der Waals surface area (Å²) in [6.07, 6.45) is 5.06. The molecule has 0 bridgehead atoms. The Hall–Kier alpha value is -1.75. The molecule has 2 aromatic rings. The molecule has 108 valence electrons. The number of nitrogens with one attached hydrogen (secondary N) is 1. The topological polar surface area (TPSA) is 29.9 Å². The molecule has 3 nitrogen and oxygen atoms in total. The number of imidazole rings is 1. The lowest BCUT2D eigenvalue weighted by Gasteiger charge is -2.17. The summed E-state index contributed by atoms with van der Waals surface area (Å²) < 4.78 is 28.6. The molecule has 0 aliphatic carbocycles. The fraction of sp³-hybridized carbons (Fsp3) is 0.400. The van der Waals surface area contributed by atoms with Crippen LogP contribution < -0.4 is 5.32 Å². The van der Waals surface area contributed by atoms with Crippen molar-refractivity contribution in [3.8, 4) is 0 Å². The largest absolute Gasteiger partial charge is 0.340 e. The first kappa shape index (κ1) is 14.7. The Morgan fingerprint density at radius 2 is 2.15 bits per heavy atom. The SMILES string of the molecule is CCCNC(Cc1ccc(F)cc1F)c1cn(C)cn1. The van der Waals surface area contributed by atoms with Gasteiger partial charge in [-0.25, -0.2) is 13.8 Å². The highest BCUT2D eigenvalue weighted by Crippen LogP contribution is 2.19. The van der Waals surface area contributed by atoms with Gasteiger partial charge in [0.25, 0.3) is 0 Å². The summed E-state index contributed by atoms with van der Waals surface area (Å²) in [5, 5.41) is 3.35. The van der Waals surface area contributed by atoms with Crippen molar-refractivity contribution in [1.29, 1.82) is 0 Å². The number of aromatic nitrogens is 2.